The van der Waals surface area contributed by atoms with Crippen molar-refractivity contribution >= 4 is 38.9 Å². The third-order valence-electron chi connectivity index (χ3n) is 3.08. The number of rotatable bonds is 6. The first-order valence-corrected chi connectivity index (χ1v) is 9.26. The minimum atomic E-state index is -3.83. The molecule has 0 radical (unpaired) electrons. The predicted molar refractivity (Wildman–Crippen MR) is 101 cm³/mol. The smallest absolute Gasteiger partial charge is 0.262 e. The van der Waals surface area contributed by atoms with E-state index in [2.05, 4.69) is 10.0 Å². The lowest BCUT2D eigenvalue weighted by atomic mass is 10.3. The van der Waals surface area contributed by atoms with Gasteiger partial charge < -0.3 is 5.32 Å². The van der Waals surface area contributed by atoms with E-state index in [4.69, 9.17) is 11.6 Å². The maximum atomic E-state index is 12.5. The Kier molecular flexibility index (Phi) is 6.38. The van der Waals surface area contributed by atoms with Gasteiger partial charge in [0.2, 0.25) is 5.91 Å². The number of carbonyl (C=O) groups excluding carboxylic acids is 1. The molecule has 0 aliphatic rings. The van der Waals surface area contributed by atoms with Crippen LogP contribution in [0.1, 0.15) is 6.92 Å². The number of para-hydroxylation sites is 1. The van der Waals surface area contributed by atoms with E-state index >= 15 is 0 Å². The van der Waals surface area contributed by atoms with Crippen molar-refractivity contribution in [3.8, 4) is 0 Å². The quantitative estimate of drug-likeness (QED) is 0.585. The van der Waals surface area contributed by atoms with Crippen LogP contribution in [0.4, 0.5) is 11.4 Å². The highest BCUT2D eigenvalue weighted by molar-refractivity contribution is 7.92. The number of benzene rings is 2. The van der Waals surface area contributed by atoms with Gasteiger partial charge in [0.05, 0.1) is 15.6 Å². The van der Waals surface area contributed by atoms with E-state index in [1.807, 2.05) is 6.92 Å². The molecule has 0 atom stereocenters. The number of hydrogen-bond donors (Lipinski definition) is 2. The number of sulfonamides is 1. The molecule has 0 spiro atoms. The van der Waals surface area contributed by atoms with Crippen LogP contribution in [0.2, 0.25) is 5.02 Å². The number of allylic oxidation sites excluding steroid dienone is 3. The molecule has 0 aliphatic carbocycles. The minimum absolute atomic E-state index is 0.0163. The molecule has 2 aromatic carbocycles. The second kappa shape index (κ2) is 8.50. The minimum Gasteiger partial charge on any atom is -0.322 e. The molecule has 2 N–H and O–H groups in total. The Labute approximate surface area is 152 Å². The van der Waals surface area contributed by atoms with Crippen molar-refractivity contribution in [1.29, 1.82) is 0 Å². The largest absolute Gasteiger partial charge is 0.322 e. The Balaban J connectivity index is 2.19. The number of amides is 1. The number of carbonyl (C=O) groups is 1. The third kappa shape index (κ3) is 5.48. The summed E-state index contributed by atoms with van der Waals surface area (Å²) in [5.41, 5.74) is 0.657. The van der Waals surface area contributed by atoms with E-state index in [1.54, 1.807) is 54.6 Å². The van der Waals surface area contributed by atoms with Gasteiger partial charge in [0.15, 0.2) is 0 Å². The molecule has 1 amide bonds. The second-order valence-corrected chi connectivity index (χ2v) is 7.08. The van der Waals surface area contributed by atoms with Gasteiger partial charge in [0.1, 0.15) is 0 Å². The van der Waals surface area contributed by atoms with Gasteiger partial charge in [-0.1, -0.05) is 48.0 Å². The zero-order valence-electron chi connectivity index (χ0n) is 13.4. The van der Waals surface area contributed by atoms with Crippen LogP contribution >= 0.6 is 11.6 Å². The first-order valence-electron chi connectivity index (χ1n) is 7.40. The van der Waals surface area contributed by atoms with Crippen LogP contribution in [0.5, 0.6) is 0 Å². The SMILES string of the molecule is CC=CC=CC(=O)Nc1cccc(S(=O)(=O)Nc2ccccc2Cl)c1. The predicted octanol–water partition coefficient (Wildman–Crippen LogP) is 4.21. The van der Waals surface area contributed by atoms with E-state index in [9.17, 15) is 13.2 Å². The van der Waals surface area contributed by atoms with Crippen molar-refractivity contribution in [3.63, 3.8) is 0 Å². The summed E-state index contributed by atoms with van der Waals surface area (Å²) in [4.78, 5) is 11.8. The molecular weight excluding hydrogens is 360 g/mol. The van der Waals surface area contributed by atoms with Gasteiger partial charge in [-0.2, -0.15) is 0 Å². The molecule has 0 fully saturated rings. The van der Waals surface area contributed by atoms with Gasteiger partial charge in [-0.05, 0) is 37.3 Å². The van der Waals surface area contributed by atoms with Crippen LogP contribution in [0.3, 0.4) is 0 Å². The standard InChI is InChI=1S/C18H17ClN2O3S/c1-2-3-4-12-18(22)20-14-8-7-9-15(13-14)25(23,24)21-17-11-6-5-10-16(17)19/h2-13,21H,1H3,(H,20,22). The zero-order chi connectivity index (χ0) is 18.3. The number of halogens is 1. The lowest BCUT2D eigenvalue weighted by molar-refractivity contribution is -0.111. The van der Waals surface area contributed by atoms with Crippen LogP contribution in [0.25, 0.3) is 0 Å². The summed E-state index contributed by atoms with van der Waals surface area (Å²) >= 11 is 5.98. The van der Waals surface area contributed by atoms with Crippen molar-refractivity contribution in [2.45, 2.75) is 11.8 Å². The summed E-state index contributed by atoms with van der Waals surface area (Å²) < 4.78 is 27.4. The molecular formula is C18H17ClN2O3S. The fourth-order valence-electron chi connectivity index (χ4n) is 1.93. The first-order chi connectivity index (χ1) is 11.9. The fourth-order valence-corrected chi connectivity index (χ4v) is 3.29. The van der Waals surface area contributed by atoms with Crippen LogP contribution < -0.4 is 10.0 Å². The topological polar surface area (TPSA) is 75.3 Å². The highest BCUT2D eigenvalue weighted by Crippen LogP contribution is 2.24. The van der Waals surface area contributed by atoms with Crippen molar-refractivity contribution in [3.05, 3.63) is 77.9 Å². The molecule has 0 unspecified atom stereocenters. The molecule has 130 valence electrons. The second-order valence-electron chi connectivity index (χ2n) is 4.99. The van der Waals surface area contributed by atoms with Crippen LogP contribution in [-0.4, -0.2) is 14.3 Å². The zero-order valence-corrected chi connectivity index (χ0v) is 15.0. The molecule has 5 nitrogen and oxygen atoms in total. The van der Waals surface area contributed by atoms with Gasteiger partial charge in [-0.3, -0.25) is 9.52 Å². The van der Waals surface area contributed by atoms with Gasteiger partial charge in [0, 0.05) is 11.8 Å². The summed E-state index contributed by atoms with van der Waals surface area (Å²) in [6.45, 7) is 1.84. The average molecular weight is 377 g/mol. The Morgan fingerprint density at radius 1 is 1.08 bits per heavy atom. The van der Waals surface area contributed by atoms with Crippen molar-refractivity contribution in [2.24, 2.45) is 0 Å². The van der Waals surface area contributed by atoms with E-state index in [-0.39, 0.29) is 16.5 Å². The Morgan fingerprint density at radius 3 is 2.56 bits per heavy atom. The molecule has 0 aromatic heterocycles. The highest BCUT2D eigenvalue weighted by Gasteiger charge is 2.16. The van der Waals surface area contributed by atoms with E-state index in [0.717, 1.165) is 0 Å². The number of hydrogen-bond acceptors (Lipinski definition) is 3. The van der Waals surface area contributed by atoms with E-state index in [1.165, 1.54) is 18.2 Å². The lowest BCUT2D eigenvalue weighted by Crippen LogP contribution is -2.14. The molecule has 2 rings (SSSR count). The van der Waals surface area contributed by atoms with Gasteiger partial charge in [-0.25, -0.2) is 8.42 Å². The van der Waals surface area contributed by atoms with E-state index in [0.29, 0.717) is 10.7 Å². The van der Waals surface area contributed by atoms with E-state index < -0.39 is 10.0 Å². The normalized spacial score (nSPS) is 11.8. The molecule has 0 aliphatic heterocycles. The van der Waals surface area contributed by atoms with Gasteiger partial charge in [0.25, 0.3) is 10.0 Å². The summed E-state index contributed by atoms with van der Waals surface area (Å²) in [7, 11) is -3.83. The summed E-state index contributed by atoms with van der Waals surface area (Å²) in [5, 5.41) is 2.91. The van der Waals surface area contributed by atoms with Gasteiger partial charge in [-0.15, -0.1) is 0 Å². The van der Waals surface area contributed by atoms with Crippen LogP contribution in [0.15, 0.2) is 77.7 Å². The maximum Gasteiger partial charge on any atom is 0.262 e. The lowest BCUT2D eigenvalue weighted by Gasteiger charge is -2.10. The molecule has 25 heavy (non-hydrogen) atoms. The number of nitrogens with one attached hydrogen (secondary N) is 2. The molecule has 2 aromatic rings. The van der Waals surface area contributed by atoms with Crippen LogP contribution in [-0.2, 0) is 14.8 Å². The Bertz CT molecular complexity index is 921. The molecule has 0 saturated carbocycles. The molecule has 7 heteroatoms. The maximum absolute atomic E-state index is 12.5. The van der Waals surface area contributed by atoms with Crippen molar-refractivity contribution < 1.29 is 13.2 Å². The highest BCUT2D eigenvalue weighted by atomic mass is 35.5. The summed E-state index contributed by atoms with van der Waals surface area (Å²) in [6.07, 6.45) is 6.45. The molecule has 0 bridgehead atoms. The Hall–Kier alpha value is -2.57. The number of anilines is 2. The first kappa shape index (κ1) is 18.8. The average Bonchev–Trinajstić information content (AvgIpc) is 2.57. The monoisotopic (exact) mass is 376 g/mol. The van der Waals surface area contributed by atoms with Crippen molar-refractivity contribution in [2.75, 3.05) is 10.0 Å². The summed E-state index contributed by atoms with van der Waals surface area (Å²) in [6, 6.07) is 12.5. The third-order valence-corrected chi connectivity index (χ3v) is 4.77. The van der Waals surface area contributed by atoms with Crippen LogP contribution in [0, 0.1) is 0 Å². The Morgan fingerprint density at radius 2 is 1.84 bits per heavy atom. The summed E-state index contributed by atoms with van der Waals surface area (Å²) in [5.74, 6) is -0.355. The van der Waals surface area contributed by atoms with Crippen molar-refractivity contribution in [1.82, 2.24) is 0 Å². The van der Waals surface area contributed by atoms with Gasteiger partial charge >= 0.3 is 0 Å². The fraction of sp³-hybridized carbons (Fsp3) is 0.0556. The molecule has 0 saturated heterocycles. The molecule has 0 heterocycles.